The highest BCUT2D eigenvalue weighted by atomic mass is 32.3. The van der Waals surface area contributed by atoms with E-state index in [4.69, 9.17) is 15.1 Å². The van der Waals surface area contributed by atoms with Crippen LogP contribution in [0.3, 0.4) is 0 Å². The number of nitrogens with one attached hydrogen (secondary N) is 1. The first-order valence-electron chi connectivity index (χ1n) is 8.22. The number of pyridine rings is 1. The number of carbonyl (C=O) groups is 2. The molecule has 3 amide bonds. The van der Waals surface area contributed by atoms with Crippen LogP contribution < -0.4 is 11.2 Å². The van der Waals surface area contributed by atoms with Crippen molar-refractivity contribution in [2.24, 2.45) is 5.73 Å². The van der Waals surface area contributed by atoms with Gasteiger partial charge in [0.15, 0.2) is 0 Å². The lowest BCUT2D eigenvalue weighted by Gasteiger charge is -2.34. The Hall–Kier alpha value is -2.46. The zero-order chi connectivity index (χ0) is 21.4. The number of nitrogens with two attached hydrogens (primary N) is 1. The molecule has 12 nitrogen and oxygen atoms in total. The van der Waals surface area contributed by atoms with Crippen LogP contribution in [-0.2, 0) is 24.3 Å². The minimum atomic E-state index is -5.22. The average Bonchev–Trinajstić information content (AvgIpc) is 2.92. The first-order valence-corrected chi connectivity index (χ1v) is 9.59. The number of halogens is 2. The van der Waals surface area contributed by atoms with Gasteiger partial charge in [-0.1, -0.05) is 6.07 Å². The summed E-state index contributed by atoms with van der Waals surface area (Å²) in [6.07, 6.45) is 0.407. The minimum absolute atomic E-state index is 0.152. The van der Waals surface area contributed by atoms with Crippen LogP contribution in [0.1, 0.15) is 18.2 Å². The van der Waals surface area contributed by atoms with Gasteiger partial charge in [0.05, 0.1) is 24.9 Å². The van der Waals surface area contributed by atoms with Gasteiger partial charge in [0.1, 0.15) is 12.1 Å². The van der Waals surface area contributed by atoms with Crippen LogP contribution in [0.25, 0.3) is 0 Å². The number of hydrogen-bond acceptors (Lipinski definition) is 8. The summed E-state index contributed by atoms with van der Waals surface area (Å²) in [5, 5.41) is -0.152. The molecule has 1 aromatic heterocycles. The number of aromatic nitrogens is 1. The Balaban J connectivity index is 1.63. The summed E-state index contributed by atoms with van der Waals surface area (Å²) in [6.45, 7) is -0.909. The van der Waals surface area contributed by atoms with Crippen molar-refractivity contribution in [1.29, 1.82) is 0 Å². The number of rotatable bonds is 7. The zero-order valence-corrected chi connectivity index (χ0v) is 15.5. The molecule has 3 unspecified atom stereocenters. The van der Waals surface area contributed by atoms with E-state index in [2.05, 4.69) is 9.27 Å². The molecule has 29 heavy (non-hydrogen) atoms. The highest BCUT2D eigenvalue weighted by Gasteiger charge is 2.62. The molecule has 0 aliphatic carbocycles. The third-order valence-electron chi connectivity index (χ3n) is 4.40. The SMILES string of the molecule is NC(CONC(=O)C1CC(F)(F)C2CN1C(=O)N2OS(=O)(=O)O)c1ccccn1. The highest BCUT2D eigenvalue weighted by molar-refractivity contribution is 7.80. The number of amides is 3. The first kappa shape index (κ1) is 21.3. The molecule has 0 saturated carbocycles. The summed E-state index contributed by atoms with van der Waals surface area (Å²) in [6, 6.07) is -0.659. The van der Waals surface area contributed by atoms with Crippen molar-refractivity contribution in [2.45, 2.75) is 30.5 Å². The average molecular weight is 437 g/mol. The van der Waals surface area contributed by atoms with Crippen LogP contribution in [0, 0.1) is 0 Å². The molecular weight excluding hydrogens is 420 g/mol. The first-order chi connectivity index (χ1) is 13.5. The Kier molecular flexibility index (Phi) is 5.68. The fraction of sp³-hybridized carbons (Fsp3) is 0.500. The normalized spacial score (nSPS) is 24.5. The van der Waals surface area contributed by atoms with E-state index >= 15 is 0 Å². The summed E-state index contributed by atoms with van der Waals surface area (Å²) in [5.41, 5.74) is 8.26. The summed E-state index contributed by atoms with van der Waals surface area (Å²) >= 11 is 0. The van der Waals surface area contributed by atoms with Gasteiger partial charge in [-0.25, -0.2) is 19.1 Å². The number of hydroxylamine groups is 3. The van der Waals surface area contributed by atoms with Gasteiger partial charge in [0.25, 0.3) is 11.8 Å². The van der Waals surface area contributed by atoms with Crippen molar-refractivity contribution in [1.82, 2.24) is 20.4 Å². The number of alkyl halides is 2. The third-order valence-corrected chi connectivity index (χ3v) is 4.75. The van der Waals surface area contributed by atoms with E-state index in [9.17, 15) is 26.8 Å². The number of urea groups is 1. The Labute approximate surface area is 163 Å². The molecule has 2 aliphatic rings. The lowest BCUT2D eigenvalue weighted by Crippen LogP contribution is -2.56. The van der Waals surface area contributed by atoms with Crippen LogP contribution in [0.15, 0.2) is 24.4 Å². The standard InChI is InChI=1S/C14H17F2N5O7S/c15-14(16)5-10(20-6-11(14)21(13(20)23)28-29(24,25)26)12(22)19-27-7-8(17)9-3-1-2-4-18-9/h1-4,8,10-11H,5-7,17H2,(H,19,22)(H,24,25,26). The van der Waals surface area contributed by atoms with E-state index in [0.717, 1.165) is 0 Å². The molecule has 0 radical (unpaired) electrons. The maximum absolute atomic E-state index is 14.4. The molecule has 0 aromatic carbocycles. The molecule has 160 valence electrons. The van der Waals surface area contributed by atoms with Crippen molar-refractivity contribution in [3.05, 3.63) is 30.1 Å². The molecule has 2 bridgehead atoms. The quantitative estimate of drug-likeness (QED) is 0.372. The van der Waals surface area contributed by atoms with Gasteiger partial charge in [-0.15, -0.1) is 4.28 Å². The molecule has 0 spiro atoms. The van der Waals surface area contributed by atoms with Crippen LogP contribution in [0.2, 0.25) is 0 Å². The summed E-state index contributed by atoms with van der Waals surface area (Å²) < 4.78 is 63.0. The van der Waals surface area contributed by atoms with Crippen molar-refractivity contribution in [3.8, 4) is 0 Å². The molecule has 3 rings (SSSR count). The van der Waals surface area contributed by atoms with Gasteiger partial charge in [-0.05, 0) is 12.1 Å². The lowest BCUT2D eigenvalue weighted by molar-refractivity contribution is -0.159. The Morgan fingerprint density at radius 1 is 1.48 bits per heavy atom. The summed E-state index contributed by atoms with van der Waals surface area (Å²) in [5.74, 6) is -4.72. The number of nitrogens with zero attached hydrogens (tertiary/aromatic N) is 3. The maximum atomic E-state index is 14.4. The van der Waals surface area contributed by atoms with Gasteiger partial charge in [0, 0.05) is 12.6 Å². The van der Waals surface area contributed by atoms with Crippen molar-refractivity contribution in [2.75, 3.05) is 13.2 Å². The second-order valence-corrected chi connectivity index (χ2v) is 7.40. The minimum Gasteiger partial charge on any atom is -0.321 e. The monoisotopic (exact) mass is 437 g/mol. The van der Waals surface area contributed by atoms with E-state index in [0.29, 0.717) is 10.6 Å². The van der Waals surface area contributed by atoms with Crippen LogP contribution in [-0.4, -0.2) is 71.0 Å². The fourth-order valence-corrected chi connectivity index (χ4v) is 3.41. The third kappa shape index (κ3) is 4.59. The molecule has 3 heterocycles. The smallest absolute Gasteiger partial charge is 0.321 e. The van der Waals surface area contributed by atoms with Crippen molar-refractivity contribution in [3.63, 3.8) is 0 Å². The Morgan fingerprint density at radius 3 is 2.83 bits per heavy atom. The molecule has 4 N–H and O–H groups in total. The Bertz CT molecular complexity index is 888. The van der Waals surface area contributed by atoms with Crippen molar-refractivity contribution >= 4 is 22.3 Å². The van der Waals surface area contributed by atoms with Gasteiger partial charge < -0.3 is 10.6 Å². The molecule has 2 fully saturated rings. The topological polar surface area (TPSA) is 164 Å². The van der Waals surface area contributed by atoms with Crippen LogP contribution in [0.5, 0.6) is 0 Å². The lowest BCUT2D eigenvalue weighted by atomic mass is 9.96. The number of piperidine rings is 1. The molecule has 15 heteroatoms. The van der Waals surface area contributed by atoms with E-state index in [-0.39, 0.29) is 11.7 Å². The predicted molar refractivity (Wildman–Crippen MR) is 89.0 cm³/mol. The van der Waals surface area contributed by atoms with Gasteiger partial charge in [-0.2, -0.15) is 13.5 Å². The van der Waals surface area contributed by atoms with Gasteiger partial charge in [0.2, 0.25) is 0 Å². The number of hydrogen-bond donors (Lipinski definition) is 3. The number of fused-ring (bicyclic) bond motifs is 2. The van der Waals surface area contributed by atoms with E-state index in [1.165, 1.54) is 6.20 Å². The van der Waals surface area contributed by atoms with Crippen LogP contribution in [0.4, 0.5) is 13.6 Å². The zero-order valence-electron chi connectivity index (χ0n) is 14.6. The maximum Gasteiger partial charge on any atom is 0.418 e. The summed E-state index contributed by atoms with van der Waals surface area (Å²) in [4.78, 5) is 34.1. The van der Waals surface area contributed by atoms with Gasteiger partial charge >= 0.3 is 16.4 Å². The number of carbonyl (C=O) groups excluding carboxylic acids is 2. The summed E-state index contributed by atoms with van der Waals surface area (Å²) in [7, 11) is -5.22. The van der Waals surface area contributed by atoms with Crippen LogP contribution >= 0.6 is 0 Å². The second-order valence-electron chi connectivity index (χ2n) is 6.40. The molecule has 3 atom stereocenters. The van der Waals surface area contributed by atoms with Gasteiger partial charge in [-0.3, -0.25) is 19.2 Å². The van der Waals surface area contributed by atoms with Crippen molar-refractivity contribution < 1.29 is 40.5 Å². The van der Waals surface area contributed by atoms with E-state index < -0.39 is 59.4 Å². The second kappa shape index (κ2) is 7.75. The molecule has 1 aromatic rings. The van der Waals surface area contributed by atoms with E-state index in [1.54, 1.807) is 18.2 Å². The molecule has 2 saturated heterocycles. The predicted octanol–water partition coefficient (Wildman–Crippen LogP) is -0.623. The fourth-order valence-electron chi connectivity index (χ4n) is 3.04. The largest absolute Gasteiger partial charge is 0.418 e. The molecule has 2 aliphatic heterocycles. The van der Waals surface area contributed by atoms with E-state index in [1.807, 2.05) is 5.48 Å². The molecular formula is C14H17F2N5O7S. The highest BCUT2D eigenvalue weighted by Crippen LogP contribution is 2.41. The Morgan fingerprint density at radius 2 is 2.21 bits per heavy atom.